The molecule has 3 rings (SSSR count). The molecule has 1 aliphatic carbocycles. The van der Waals surface area contributed by atoms with Crippen molar-refractivity contribution in [3.05, 3.63) is 54.1 Å². The summed E-state index contributed by atoms with van der Waals surface area (Å²) in [7, 11) is 0. The highest BCUT2D eigenvalue weighted by molar-refractivity contribution is 5.85. The van der Waals surface area contributed by atoms with E-state index in [0.717, 1.165) is 24.6 Å². The quantitative estimate of drug-likeness (QED) is 0.749. The van der Waals surface area contributed by atoms with Crippen LogP contribution in [-0.4, -0.2) is 28.5 Å². The number of amides is 1. The summed E-state index contributed by atoms with van der Waals surface area (Å²) < 4.78 is 2.03. The van der Waals surface area contributed by atoms with Crippen molar-refractivity contribution in [1.29, 1.82) is 0 Å². The molecule has 24 heavy (non-hydrogen) atoms. The van der Waals surface area contributed by atoms with E-state index in [0.29, 0.717) is 13.1 Å². The molecule has 1 saturated carbocycles. The van der Waals surface area contributed by atoms with Crippen LogP contribution in [0.5, 0.6) is 0 Å². The van der Waals surface area contributed by atoms with Gasteiger partial charge in [0.15, 0.2) is 0 Å². The van der Waals surface area contributed by atoms with E-state index in [1.54, 1.807) is 6.20 Å². The van der Waals surface area contributed by atoms with Crippen LogP contribution in [0, 0.1) is 5.92 Å². The molecular formula is C17H24Cl2N4O. The molecule has 1 aromatic carbocycles. The van der Waals surface area contributed by atoms with Crippen LogP contribution in [0.15, 0.2) is 43.0 Å². The van der Waals surface area contributed by atoms with Crippen molar-refractivity contribution in [2.45, 2.75) is 25.9 Å². The van der Waals surface area contributed by atoms with Crippen LogP contribution < -0.4 is 10.6 Å². The standard InChI is InChI=1S/C17H22N4O.2ClH/c22-17(11-19-9-14-1-2-14)20-10-15-3-5-16(6-4-15)12-21-8-7-18-13-21;;/h3-8,13-14,19H,1-2,9-12H2,(H,20,22);2*1H. The molecule has 0 atom stereocenters. The van der Waals surface area contributed by atoms with Gasteiger partial charge in [0.05, 0.1) is 12.9 Å². The number of benzene rings is 1. The van der Waals surface area contributed by atoms with Crippen molar-refractivity contribution in [2.24, 2.45) is 5.92 Å². The zero-order valence-corrected chi connectivity index (χ0v) is 15.1. The highest BCUT2D eigenvalue weighted by Crippen LogP contribution is 2.27. The number of halogens is 2. The summed E-state index contributed by atoms with van der Waals surface area (Å²) in [5.41, 5.74) is 2.34. The Hall–Kier alpha value is -1.56. The van der Waals surface area contributed by atoms with Crippen LogP contribution in [-0.2, 0) is 17.9 Å². The van der Waals surface area contributed by atoms with Gasteiger partial charge < -0.3 is 15.2 Å². The van der Waals surface area contributed by atoms with Crippen LogP contribution in [0.4, 0.5) is 0 Å². The van der Waals surface area contributed by atoms with Gasteiger partial charge in [0.2, 0.25) is 5.91 Å². The number of imidazole rings is 1. The van der Waals surface area contributed by atoms with Crippen LogP contribution in [0.25, 0.3) is 0 Å². The maximum atomic E-state index is 11.7. The maximum absolute atomic E-state index is 11.7. The molecule has 2 N–H and O–H groups in total. The maximum Gasteiger partial charge on any atom is 0.234 e. The third-order valence-electron chi connectivity index (χ3n) is 3.85. The fourth-order valence-electron chi connectivity index (χ4n) is 2.33. The monoisotopic (exact) mass is 370 g/mol. The van der Waals surface area contributed by atoms with E-state index in [4.69, 9.17) is 0 Å². The molecule has 0 aliphatic heterocycles. The molecule has 7 heteroatoms. The molecule has 5 nitrogen and oxygen atoms in total. The van der Waals surface area contributed by atoms with E-state index in [1.165, 1.54) is 18.4 Å². The van der Waals surface area contributed by atoms with Gasteiger partial charge in [-0.2, -0.15) is 0 Å². The zero-order chi connectivity index (χ0) is 15.2. The lowest BCUT2D eigenvalue weighted by Gasteiger charge is -2.08. The van der Waals surface area contributed by atoms with Crippen molar-refractivity contribution >= 4 is 30.7 Å². The van der Waals surface area contributed by atoms with Crippen LogP contribution >= 0.6 is 24.8 Å². The second kappa shape index (κ2) is 10.3. The molecule has 0 radical (unpaired) electrons. The first-order valence-corrected chi connectivity index (χ1v) is 7.80. The number of nitrogens with zero attached hydrogens (tertiary/aromatic N) is 2. The summed E-state index contributed by atoms with van der Waals surface area (Å²) in [6.07, 6.45) is 8.15. The molecule has 0 saturated heterocycles. The summed E-state index contributed by atoms with van der Waals surface area (Å²) in [5, 5.41) is 6.14. The van der Waals surface area contributed by atoms with E-state index in [2.05, 4.69) is 39.9 Å². The Bertz CT molecular complexity index is 598. The van der Waals surface area contributed by atoms with E-state index in [-0.39, 0.29) is 30.7 Å². The van der Waals surface area contributed by atoms with Gasteiger partial charge in [-0.3, -0.25) is 4.79 Å². The van der Waals surface area contributed by atoms with Crippen LogP contribution in [0.3, 0.4) is 0 Å². The average Bonchev–Trinajstić information content (AvgIpc) is 3.21. The number of nitrogens with one attached hydrogen (secondary N) is 2. The number of hydrogen-bond donors (Lipinski definition) is 2. The van der Waals surface area contributed by atoms with Crippen molar-refractivity contribution in [3.63, 3.8) is 0 Å². The fraction of sp³-hybridized carbons (Fsp3) is 0.412. The Morgan fingerprint density at radius 3 is 2.50 bits per heavy atom. The van der Waals surface area contributed by atoms with Crippen molar-refractivity contribution in [2.75, 3.05) is 13.1 Å². The van der Waals surface area contributed by atoms with Gasteiger partial charge in [-0.05, 0) is 36.4 Å². The Balaban J connectivity index is 0.00000144. The number of hydrogen-bond acceptors (Lipinski definition) is 3. The third-order valence-corrected chi connectivity index (χ3v) is 3.85. The van der Waals surface area contributed by atoms with Crippen LogP contribution in [0.1, 0.15) is 24.0 Å². The average molecular weight is 371 g/mol. The summed E-state index contributed by atoms with van der Waals surface area (Å²) >= 11 is 0. The SMILES string of the molecule is Cl.Cl.O=C(CNCC1CC1)NCc1ccc(Cn2ccnc2)cc1. The summed E-state index contributed by atoms with van der Waals surface area (Å²) in [6, 6.07) is 8.30. The molecule has 1 fully saturated rings. The van der Waals surface area contributed by atoms with E-state index in [1.807, 2.05) is 17.1 Å². The lowest BCUT2D eigenvalue weighted by atomic mass is 10.1. The van der Waals surface area contributed by atoms with Crippen molar-refractivity contribution in [1.82, 2.24) is 20.2 Å². The summed E-state index contributed by atoms with van der Waals surface area (Å²) in [4.78, 5) is 15.7. The third kappa shape index (κ3) is 6.91. The number of rotatable bonds is 8. The molecular weight excluding hydrogens is 347 g/mol. The first kappa shape index (κ1) is 20.5. The zero-order valence-electron chi connectivity index (χ0n) is 13.5. The van der Waals surface area contributed by atoms with Crippen molar-refractivity contribution < 1.29 is 4.79 Å². The van der Waals surface area contributed by atoms with Gasteiger partial charge in [0.1, 0.15) is 0 Å². The predicted octanol–water partition coefficient (Wildman–Crippen LogP) is 2.39. The Kier molecular flexibility index (Phi) is 8.82. The summed E-state index contributed by atoms with van der Waals surface area (Å²) in [5.74, 6) is 0.860. The number of aromatic nitrogens is 2. The first-order chi connectivity index (χ1) is 10.8. The molecule has 1 aromatic heterocycles. The smallest absolute Gasteiger partial charge is 0.234 e. The highest BCUT2D eigenvalue weighted by atomic mass is 35.5. The van der Waals surface area contributed by atoms with Gasteiger partial charge in [0.25, 0.3) is 0 Å². The second-order valence-electron chi connectivity index (χ2n) is 5.90. The topological polar surface area (TPSA) is 59.0 Å². The number of carbonyl (C=O) groups is 1. The van der Waals surface area contributed by atoms with E-state index in [9.17, 15) is 4.79 Å². The van der Waals surface area contributed by atoms with Gasteiger partial charge in [-0.1, -0.05) is 24.3 Å². The van der Waals surface area contributed by atoms with Crippen LogP contribution in [0.2, 0.25) is 0 Å². The Morgan fingerprint density at radius 1 is 1.17 bits per heavy atom. The molecule has 1 amide bonds. The molecule has 0 bridgehead atoms. The Morgan fingerprint density at radius 2 is 1.88 bits per heavy atom. The lowest BCUT2D eigenvalue weighted by molar-refractivity contribution is -0.120. The molecule has 0 unspecified atom stereocenters. The predicted molar refractivity (Wildman–Crippen MR) is 99.7 cm³/mol. The summed E-state index contributed by atoms with van der Waals surface area (Å²) in [6.45, 7) is 2.78. The minimum absolute atomic E-state index is 0. The van der Waals surface area contributed by atoms with E-state index < -0.39 is 0 Å². The van der Waals surface area contributed by atoms with Gasteiger partial charge in [0, 0.05) is 25.5 Å². The molecule has 0 spiro atoms. The highest BCUT2D eigenvalue weighted by Gasteiger charge is 2.20. The van der Waals surface area contributed by atoms with Gasteiger partial charge in [-0.25, -0.2) is 4.98 Å². The normalized spacial score (nSPS) is 12.8. The lowest BCUT2D eigenvalue weighted by Crippen LogP contribution is -2.34. The minimum atomic E-state index is 0. The van der Waals surface area contributed by atoms with Crippen molar-refractivity contribution in [3.8, 4) is 0 Å². The van der Waals surface area contributed by atoms with Gasteiger partial charge >= 0.3 is 0 Å². The fourth-order valence-corrected chi connectivity index (χ4v) is 2.33. The molecule has 2 aromatic rings. The second-order valence-corrected chi connectivity index (χ2v) is 5.90. The first-order valence-electron chi connectivity index (χ1n) is 7.80. The molecule has 1 aliphatic rings. The number of carbonyl (C=O) groups excluding carboxylic acids is 1. The van der Waals surface area contributed by atoms with E-state index >= 15 is 0 Å². The Labute approximate surface area is 155 Å². The molecule has 1 heterocycles. The largest absolute Gasteiger partial charge is 0.351 e. The van der Waals surface area contributed by atoms with Gasteiger partial charge in [-0.15, -0.1) is 24.8 Å². The minimum Gasteiger partial charge on any atom is -0.351 e. The molecule has 132 valence electrons.